The number of aliphatic carboxylic acids is 1. The summed E-state index contributed by atoms with van der Waals surface area (Å²) >= 11 is 1.47. The highest BCUT2D eigenvalue weighted by Crippen LogP contribution is 2.07. The molecule has 2 aromatic rings. The van der Waals surface area contributed by atoms with Gasteiger partial charge in [0.25, 0.3) is 11.8 Å². The summed E-state index contributed by atoms with van der Waals surface area (Å²) in [7, 11) is 0. The third-order valence-electron chi connectivity index (χ3n) is 4.07. The lowest BCUT2D eigenvalue weighted by molar-refractivity contribution is -0.141. The summed E-state index contributed by atoms with van der Waals surface area (Å²) < 4.78 is 0. The third-order valence-corrected chi connectivity index (χ3v) is 4.71. The lowest BCUT2D eigenvalue weighted by Gasteiger charge is -2.16. The molecule has 1 aromatic heterocycles. The molecule has 1 atom stereocenters. The first kappa shape index (κ1) is 23.9. The average Bonchev–Trinajstić information content (AvgIpc) is 2.73. The van der Waals surface area contributed by atoms with Gasteiger partial charge in [-0.05, 0) is 50.5 Å². The van der Waals surface area contributed by atoms with Crippen molar-refractivity contribution in [1.82, 2.24) is 20.6 Å². The number of carbonyl (C=O) groups excluding carboxylic acids is 2. The van der Waals surface area contributed by atoms with Gasteiger partial charge in [0.15, 0.2) is 0 Å². The van der Waals surface area contributed by atoms with Crippen molar-refractivity contribution in [3.8, 4) is 0 Å². The second kappa shape index (κ2) is 11.7. The molecule has 0 aliphatic rings. The number of carboxylic acid groups (broad SMARTS) is 1. The topological polar surface area (TPSA) is 133 Å². The highest BCUT2D eigenvalue weighted by molar-refractivity contribution is 7.98. The van der Waals surface area contributed by atoms with Crippen LogP contribution in [0.25, 0.3) is 0 Å². The van der Waals surface area contributed by atoms with Gasteiger partial charge in [-0.2, -0.15) is 11.8 Å². The van der Waals surface area contributed by atoms with Crippen LogP contribution in [0.4, 0.5) is 5.95 Å². The van der Waals surface area contributed by atoms with Crippen molar-refractivity contribution >= 4 is 35.5 Å². The van der Waals surface area contributed by atoms with Crippen LogP contribution in [0.5, 0.6) is 0 Å². The first-order chi connectivity index (χ1) is 14.8. The van der Waals surface area contributed by atoms with Crippen LogP contribution in [0.2, 0.25) is 0 Å². The van der Waals surface area contributed by atoms with Crippen LogP contribution >= 0.6 is 11.8 Å². The molecule has 31 heavy (non-hydrogen) atoms. The molecule has 2 rings (SSSR count). The number of amides is 2. The Hall–Kier alpha value is -3.40. The number of nitrogens with one attached hydrogen (secondary N) is 3. The number of carbonyl (C=O) groups is 3. The van der Waals surface area contributed by atoms with Crippen LogP contribution in [0, 0.1) is 13.8 Å². The fourth-order valence-electron chi connectivity index (χ4n) is 2.60. The number of aryl methyl sites for hydroxylation is 2. The molecule has 0 radical (unpaired) electrons. The zero-order valence-corrected chi connectivity index (χ0v) is 18.3. The molecule has 0 saturated heterocycles. The molecular formula is C21H25N5O4S. The third kappa shape index (κ3) is 7.74. The fraction of sp³-hybridized carbons (Fsp3) is 0.286. The molecular weight excluding hydrogens is 418 g/mol. The molecule has 1 heterocycles. The van der Waals surface area contributed by atoms with Crippen molar-refractivity contribution in [2.24, 2.45) is 0 Å². The smallest absolute Gasteiger partial charge is 0.326 e. The maximum Gasteiger partial charge on any atom is 0.326 e. The molecule has 0 saturated carbocycles. The number of carboxylic acids is 1. The van der Waals surface area contributed by atoms with E-state index in [0.29, 0.717) is 11.3 Å². The van der Waals surface area contributed by atoms with Gasteiger partial charge in [-0.15, -0.1) is 0 Å². The van der Waals surface area contributed by atoms with Crippen molar-refractivity contribution in [1.29, 1.82) is 0 Å². The van der Waals surface area contributed by atoms with Gasteiger partial charge in [0.2, 0.25) is 5.95 Å². The summed E-state index contributed by atoms with van der Waals surface area (Å²) in [4.78, 5) is 45.3. The molecule has 2 amide bonds. The highest BCUT2D eigenvalue weighted by Gasteiger charge is 2.23. The zero-order chi connectivity index (χ0) is 22.8. The number of hydrogen-bond donors (Lipinski definition) is 4. The standard InChI is InChI=1S/C21H25N5O4S/c1-13-11-14(2)24-21(23-13)22-12-17(26-18(27)15-7-5-4-6-8-15)19(28)25-16(20(29)30)9-10-31-3/h4-8,11-12,16H,9-10H2,1-3H3,(H,25,28)(H,26,27)(H,29,30)(H,22,23,24)/b17-12-. The van der Waals surface area contributed by atoms with Gasteiger partial charge < -0.3 is 21.1 Å². The number of rotatable bonds is 10. The molecule has 1 aromatic carbocycles. The van der Waals surface area contributed by atoms with Crippen LogP contribution in [0.15, 0.2) is 48.3 Å². The van der Waals surface area contributed by atoms with Crippen LogP contribution < -0.4 is 16.0 Å². The molecule has 9 nitrogen and oxygen atoms in total. The van der Waals surface area contributed by atoms with E-state index in [2.05, 4.69) is 25.9 Å². The predicted molar refractivity (Wildman–Crippen MR) is 120 cm³/mol. The largest absolute Gasteiger partial charge is 0.480 e. The normalized spacial score (nSPS) is 12.0. The van der Waals surface area contributed by atoms with E-state index in [-0.39, 0.29) is 18.1 Å². The number of hydrogen-bond acceptors (Lipinski definition) is 7. The van der Waals surface area contributed by atoms with Crippen LogP contribution in [-0.2, 0) is 9.59 Å². The number of anilines is 1. The van der Waals surface area contributed by atoms with Crippen molar-refractivity contribution in [2.75, 3.05) is 17.3 Å². The molecule has 4 N–H and O–H groups in total. The number of nitrogens with zero attached hydrogens (tertiary/aromatic N) is 2. The Morgan fingerprint density at radius 1 is 1.13 bits per heavy atom. The van der Waals surface area contributed by atoms with Gasteiger partial charge >= 0.3 is 5.97 Å². The van der Waals surface area contributed by atoms with Gasteiger partial charge in [0.1, 0.15) is 11.7 Å². The summed E-state index contributed by atoms with van der Waals surface area (Å²) in [6.07, 6.45) is 3.34. The predicted octanol–water partition coefficient (Wildman–Crippen LogP) is 2.10. The van der Waals surface area contributed by atoms with E-state index in [1.54, 1.807) is 50.2 Å². The van der Waals surface area contributed by atoms with Gasteiger partial charge in [0.05, 0.1) is 0 Å². The molecule has 10 heteroatoms. The van der Waals surface area contributed by atoms with E-state index in [4.69, 9.17) is 0 Å². The monoisotopic (exact) mass is 443 g/mol. The minimum Gasteiger partial charge on any atom is -0.480 e. The maximum absolute atomic E-state index is 12.8. The van der Waals surface area contributed by atoms with Gasteiger partial charge in [0, 0.05) is 23.2 Å². The summed E-state index contributed by atoms with van der Waals surface area (Å²) in [5.74, 6) is -1.60. The van der Waals surface area contributed by atoms with E-state index in [1.165, 1.54) is 18.0 Å². The molecule has 1 unspecified atom stereocenters. The van der Waals surface area contributed by atoms with Crippen molar-refractivity contribution in [3.63, 3.8) is 0 Å². The summed E-state index contributed by atoms with van der Waals surface area (Å²) in [5, 5.41) is 17.2. The van der Waals surface area contributed by atoms with E-state index in [0.717, 1.165) is 11.4 Å². The maximum atomic E-state index is 12.8. The van der Waals surface area contributed by atoms with Crippen molar-refractivity contribution < 1.29 is 19.5 Å². The van der Waals surface area contributed by atoms with Crippen molar-refractivity contribution in [2.45, 2.75) is 26.3 Å². The first-order valence-electron chi connectivity index (χ1n) is 9.48. The SMILES string of the molecule is CSCCC(NC(=O)/C(=C/Nc1nc(C)cc(C)n1)NC(=O)c1ccccc1)C(=O)O. The van der Waals surface area contributed by atoms with Crippen LogP contribution in [0.3, 0.4) is 0 Å². The van der Waals surface area contributed by atoms with E-state index < -0.39 is 23.8 Å². The second-order valence-electron chi connectivity index (χ2n) is 6.64. The Morgan fingerprint density at radius 2 is 1.77 bits per heavy atom. The van der Waals surface area contributed by atoms with Gasteiger partial charge in [-0.3, -0.25) is 9.59 Å². The van der Waals surface area contributed by atoms with E-state index >= 15 is 0 Å². The molecule has 164 valence electrons. The Kier molecular flexibility index (Phi) is 9.01. The van der Waals surface area contributed by atoms with Crippen LogP contribution in [-0.4, -0.2) is 50.9 Å². The fourth-order valence-corrected chi connectivity index (χ4v) is 3.07. The van der Waals surface area contributed by atoms with E-state index in [1.807, 2.05) is 6.26 Å². The molecule has 0 aliphatic carbocycles. The minimum atomic E-state index is -1.15. The lowest BCUT2D eigenvalue weighted by Crippen LogP contribution is -2.44. The number of aromatic nitrogens is 2. The molecule has 0 aliphatic heterocycles. The van der Waals surface area contributed by atoms with Crippen molar-refractivity contribution in [3.05, 3.63) is 65.2 Å². The number of thioether (sulfide) groups is 1. The summed E-state index contributed by atoms with van der Waals surface area (Å²) in [5.41, 5.74) is 1.64. The van der Waals surface area contributed by atoms with E-state index in [9.17, 15) is 19.5 Å². The number of benzene rings is 1. The quantitative estimate of drug-likeness (QED) is 0.410. The summed E-state index contributed by atoms with van der Waals surface area (Å²) in [6, 6.07) is 9.07. The Morgan fingerprint density at radius 3 is 2.35 bits per heavy atom. The van der Waals surface area contributed by atoms with Gasteiger partial charge in [-0.25, -0.2) is 14.8 Å². The molecule has 0 fully saturated rings. The Labute approximate surface area is 184 Å². The average molecular weight is 444 g/mol. The lowest BCUT2D eigenvalue weighted by atomic mass is 10.2. The first-order valence-corrected chi connectivity index (χ1v) is 10.9. The van der Waals surface area contributed by atoms with Gasteiger partial charge in [-0.1, -0.05) is 18.2 Å². The molecule has 0 spiro atoms. The highest BCUT2D eigenvalue weighted by atomic mass is 32.2. The summed E-state index contributed by atoms with van der Waals surface area (Å²) in [6.45, 7) is 3.61. The minimum absolute atomic E-state index is 0.160. The zero-order valence-electron chi connectivity index (χ0n) is 17.5. The molecule has 0 bridgehead atoms. The second-order valence-corrected chi connectivity index (χ2v) is 7.63. The van der Waals surface area contributed by atoms with Crippen LogP contribution in [0.1, 0.15) is 28.2 Å². The Bertz CT molecular complexity index is 945. The Balaban J connectivity index is 2.26.